The first-order chi connectivity index (χ1) is 9.27. The van der Waals surface area contributed by atoms with E-state index in [4.69, 9.17) is 5.11 Å². The molecule has 0 aliphatic heterocycles. The summed E-state index contributed by atoms with van der Waals surface area (Å²) in [6.45, 7) is 0.0752. The standard InChI is InChI=1S/C16H23NO2/c18-13-7-10-15(19)17-16(11-5-2-6-12-16)14-8-3-1-4-9-14/h1,3-4,8-9,18H,2,5-7,10-13H2,(H,17,19). The first-order valence-electron chi connectivity index (χ1n) is 7.24. The van der Waals surface area contributed by atoms with Crippen LogP contribution in [0.15, 0.2) is 30.3 Å². The van der Waals surface area contributed by atoms with Gasteiger partial charge in [-0.3, -0.25) is 4.79 Å². The van der Waals surface area contributed by atoms with Crippen molar-refractivity contribution in [1.29, 1.82) is 0 Å². The van der Waals surface area contributed by atoms with Crippen LogP contribution in [0.4, 0.5) is 0 Å². The molecule has 2 rings (SSSR count). The maximum absolute atomic E-state index is 12.0. The molecule has 1 aliphatic rings. The van der Waals surface area contributed by atoms with E-state index in [-0.39, 0.29) is 18.1 Å². The van der Waals surface area contributed by atoms with Crippen LogP contribution in [0, 0.1) is 0 Å². The predicted molar refractivity (Wildman–Crippen MR) is 75.7 cm³/mol. The average Bonchev–Trinajstić information content (AvgIpc) is 2.47. The van der Waals surface area contributed by atoms with E-state index < -0.39 is 0 Å². The normalized spacial score (nSPS) is 17.9. The number of hydrogen-bond donors (Lipinski definition) is 2. The van der Waals surface area contributed by atoms with Gasteiger partial charge in [0.1, 0.15) is 0 Å². The Balaban J connectivity index is 2.13. The number of aliphatic hydroxyl groups excluding tert-OH is 1. The predicted octanol–water partition coefficient (Wildman–Crippen LogP) is 2.73. The van der Waals surface area contributed by atoms with Gasteiger partial charge < -0.3 is 10.4 Å². The summed E-state index contributed by atoms with van der Waals surface area (Å²) in [4.78, 5) is 12.0. The summed E-state index contributed by atoms with van der Waals surface area (Å²) in [7, 11) is 0. The summed E-state index contributed by atoms with van der Waals surface area (Å²) < 4.78 is 0. The van der Waals surface area contributed by atoms with Crippen molar-refractivity contribution in [1.82, 2.24) is 5.32 Å². The van der Waals surface area contributed by atoms with Crippen LogP contribution in [-0.2, 0) is 10.3 Å². The van der Waals surface area contributed by atoms with Crippen LogP contribution in [0.25, 0.3) is 0 Å². The smallest absolute Gasteiger partial charge is 0.220 e. The monoisotopic (exact) mass is 261 g/mol. The van der Waals surface area contributed by atoms with Crippen LogP contribution >= 0.6 is 0 Å². The van der Waals surface area contributed by atoms with E-state index in [0.29, 0.717) is 12.8 Å². The lowest BCUT2D eigenvalue weighted by Gasteiger charge is -2.38. The Morgan fingerprint density at radius 3 is 2.47 bits per heavy atom. The highest BCUT2D eigenvalue weighted by molar-refractivity contribution is 5.77. The first-order valence-corrected chi connectivity index (χ1v) is 7.24. The van der Waals surface area contributed by atoms with E-state index in [0.717, 1.165) is 25.7 Å². The number of benzene rings is 1. The zero-order valence-electron chi connectivity index (χ0n) is 11.4. The van der Waals surface area contributed by atoms with Crippen molar-refractivity contribution in [3.63, 3.8) is 0 Å². The molecule has 1 amide bonds. The van der Waals surface area contributed by atoms with Gasteiger partial charge in [-0.05, 0) is 24.8 Å². The summed E-state index contributed by atoms with van der Waals surface area (Å²) in [5, 5.41) is 12.1. The molecule has 104 valence electrons. The molecule has 1 aromatic rings. The number of amides is 1. The summed E-state index contributed by atoms with van der Waals surface area (Å²) in [5.74, 6) is 0.0554. The number of nitrogens with one attached hydrogen (secondary N) is 1. The lowest BCUT2D eigenvalue weighted by molar-refractivity contribution is -0.123. The van der Waals surface area contributed by atoms with Crippen LogP contribution in [0.1, 0.15) is 50.5 Å². The molecule has 1 fully saturated rings. The van der Waals surface area contributed by atoms with Gasteiger partial charge in [0.25, 0.3) is 0 Å². The second-order valence-electron chi connectivity index (χ2n) is 5.38. The molecule has 3 heteroatoms. The summed E-state index contributed by atoms with van der Waals surface area (Å²) in [6.07, 6.45) is 6.55. The molecule has 0 unspecified atom stereocenters. The molecule has 0 spiro atoms. The fourth-order valence-corrected chi connectivity index (χ4v) is 2.97. The van der Waals surface area contributed by atoms with Crippen LogP contribution in [-0.4, -0.2) is 17.6 Å². The Labute approximate surface area is 115 Å². The summed E-state index contributed by atoms with van der Waals surface area (Å²) in [6, 6.07) is 10.3. The summed E-state index contributed by atoms with van der Waals surface area (Å²) in [5.41, 5.74) is 1.03. The van der Waals surface area contributed by atoms with Gasteiger partial charge in [0.15, 0.2) is 0 Å². The first kappa shape index (κ1) is 14.1. The zero-order valence-corrected chi connectivity index (χ0v) is 11.4. The Bertz CT molecular complexity index is 396. The third kappa shape index (κ3) is 3.57. The van der Waals surface area contributed by atoms with Gasteiger partial charge in [0, 0.05) is 13.0 Å². The topological polar surface area (TPSA) is 49.3 Å². The minimum Gasteiger partial charge on any atom is -0.396 e. The molecule has 2 N–H and O–H groups in total. The third-order valence-electron chi connectivity index (χ3n) is 3.97. The van der Waals surface area contributed by atoms with Crippen molar-refractivity contribution in [3.8, 4) is 0 Å². The van der Waals surface area contributed by atoms with Gasteiger partial charge in [-0.1, -0.05) is 49.6 Å². The third-order valence-corrected chi connectivity index (χ3v) is 3.97. The highest BCUT2D eigenvalue weighted by Crippen LogP contribution is 2.37. The molecule has 3 nitrogen and oxygen atoms in total. The number of hydrogen-bond acceptors (Lipinski definition) is 2. The lowest BCUT2D eigenvalue weighted by atomic mass is 9.76. The SMILES string of the molecule is O=C(CCCO)NC1(c2ccccc2)CCCCC1. The van der Waals surface area contributed by atoms with Crippen LogP contribution in [0.2, 0.25) is 0 Å². The van der Waals surface area contributed by atoms with Gasteiger partial charge in [-0.25, -0.2) is 0 Å². The minimum absolute atomic E-state index is 0.0554. The Morgan fingerprint density at radius 2 is 1.84 bits per heavy atom. The van der Waals surface area contributed by atoms with Crippen molar-refractivity contribution in [3.05, 3.63) is 35.9 Å². The second kappa shape index (κ2) is 6.71. The van der Waals surface area contributed by atoms with Gasteiger partial charge >= 0.3 is 0 Å². The molecule has 0 atom stereocenters. The van der Waals surface area contributed by atoms with E-state index in [1.807, 2.05) is 18.2 Å². The van der Waals surface area contributed by atoms with Crippen LogP contribution in [0.5, 0.6) is 0 Å². The van der Waals surface area contributed by atoms with Gasteiger partial charge in [-0.15, -0.1) is 0 Å². The molecular formula is C16H23NO2. The molecule has 1 aliphatic carbocycles. The van der Waals surface area contributed by atoms with Gasteiger partial charge in [0.05, 0.1) is 5.54 Å². The summed E-state index contributed by atoms with van der Waals surface area (Å²) >= 11 is 0. The van der Waals surface area contributed by atoms with Crippen molar-refractivity contribution in [2.24, 2.45) is 0 Å². The molecule has 0 heterocycles. The largest absolute Gasteiger partial charge is 0.396 e. The van der Waals surface area contributed by atoms with Gasteiger partial charge in [0.2, 0.25) is 5.91 Å². The van der Waals surface area contributed by atoms with E-state index >= 15 is 0 Å². The van der Waals surface area contributed by atoms with Crippen molar-refractivity contribution in [2.45, 2.75) is 50.5 Å². The molecule has 0 saturated heterocycles. The molecule has 1 aromatic carbocycles. The van der Waals surface area contributed by atoms with E-state index in [2.05, 4.69) is 17.4 Å². The molecule has 1 saturated carbocycles. The second-order valence-corrected chi connectivity index (χ2v) is 5.38. The van der Waals surface area contributed by atoms with Crippen LogP contribution < -0.4 is 5.32 Å². The Morgan fingerprint density at radius 1 is 1.16 bits per heavy atom. The zero-order chi connectivity index (χ0) is 13.6. The highest BCUT2D eigenvalue weighted by Gasteiger charge is 2.34. The molecular weight excluding hydrogens is 238 g/mol. The number of carbonyl (C=O) groups excluding carboxylic acids is 1. The molecule has 0 radical (unpaired) electrons. The Hall–Kier alpha value is -1.35. The van der Waals surface area contributed by atoms with Crippen molar-refractivity contribution in [2.75, 3.05) is 6.61 Å². The van der Waals surface area contributed by atoms with E-state index in [1.54, 1.807) is 0 Å². The maximum Gasteiger partial charge on any atom is 0.220 e. The number of rotatable bonds is 5. The number of aliphatic hydroxyl groups is 1. The fourth-order valence-electron chi connectivity index (χ4n) is 2.97. The van der Waals surface area contributed by atoms with Crippen molar-refractivity contribution < 1.29 is 9.90 Å². The van der Waals surface area contributed by atoms with E-state index in [9.17, 15) is 4.79 Å². The molecule has 0 aromatic heterocycles. The quantitative estimate of drug-likeness (QED) is 0.856. The van der Waals surface area contributed by atoms with E-state index in [1.165, 1.54) is 12.0 Å². The average molecular weight is 261 g/mol. The molecule has 0 bridgehead atoms. The maximum atomic E-state index is 12.0. The lowest BCUT2D eigenvalue weighted by Crippen LogP contribution is -2.47. The Kier molecular flexibility index (Phi) is 4.97. The number of carbonyl (C=O) groups is 1. The molecule has 19 heavy (non-hydrogen) atoms. The highest BCUT2D eigenvalue weighted by atomic mass is 16.3. The van der Waals surface area contributed by atoms with Crippen LogP contribution in [0.3, 0.4) is 0 Å². The van der Waals surface area contributed by atoms with Crippen molar-refractivity contribution >= 4 is 5.91 Å². The minimum atomic E-state index is -0.188. The van der Waals surface area contributed by atoms with Gasteiger partial charge in [-0.2, -0.15) is 0 Å². The fraction of sp³-hybridized carbons (Fsp3) is 0.562.